The number of halogens is 1. The number of aliphatic imine (C=N–C) groups is 1. The Bertz CT molecular complexity index is 926. The lowest BCUT2D eigenvalue weighted by Gasteiger charge is -2.25. The van der Waals surface area contributed by atoms with Crippen LogP contribution in [0.25, 0.3) is 0 Å². The topological polar surface area (TPSA) is 63.6 Å². The maximum atomic E-state index is 13.5. The zero-order valence-corrected chi connectivity index (χ0v) is 14.4. The molecule has 0 bridgehead atoms. The van der Waals surface area contributed by atoms with Crippen LogP contribution in [0.2, 0.25) is 0 Å². The fourth-order valence-corrected chi connectivity index (χ4v) is 3.20. The van der Waals surface area contributed by atoms with Crippen molar-refractivity contribution in [3.63, 3.8) is 0 Å². The van der Waals surface area contributed by atoms with Crippen molar-refractivity contribution in [2.24, 2.45) is 4.99 Å². The van der Waals surface area contributed by atoms with Crippen LogP contribution in [0.3, 0.4) is 0 Å². The molecule has 0 amide bonds. The van der Waals surface area contributed by atoms with E-state index in [2.05, 4.69) is 21.2 Å². The van der Waals surface area contributed by atoms with Gasteiger partial charge in [-0.2, -0.15) is 0 Å². The highest BCUT2D eigenvalue weighted by atomic mass is 32.1. The Labute approximate surface area is 148 Å². The number of methoxy groups -OCH3 is 1. The monoisotopic (exact) mass is 355 g/mol. The largest absolute Gasteiger partial charge is 0.466 e. The SMILES string of the molecule is C#Cc1cc(F)ccc1[C@@H]1N=C(c2nccs2)NC(C)=C1C(=O)OC. The number of carbonyl (C=O) groups excluding carboxylic acids is 1. The molecule has 0 spiro atoms. The van der Waals surface area contributed by atoms with Crippen molar-refractivity contribution in [3.8, 4) is 12.3 Å². The number of benzene rings is 1. The minimum Gasteiger partial charge on any atom is -0.466 e. The van der Waals surface area contributed by atoms with E-state index in [0.717, 1.165) is 0 Å². The summed E-state index contributed by atoms with van der Waals surface area (Å²) in [5, 5.41) is 5.59. The number of nitrogens with zero attached hydrogens (tertiary/aromatic N) is 2. The van der Waals surface area contributed by atoms with E-state index in [0.29, 0.717) is 33.2 Å². The second-order valence-corrected chi connectivity index (χ2v) is 6.14. The Morgan fingerprint density at radius 2 is 2.28 bits per heavy atom. The summed E-state index contributed by atoms with van der Waals surface area (Å²) in [7, 11) is 1.30. The van der Waals surface area contributed by atoms with E-state index in [1.165, 1.54) is 30.6 Å². The Balaban J connectivity index is 2.18. The summed E-state index contributed by atoms with van der Waals surface area (Å²) in [6.45, 7) is 1.75. The van der Waals surface area contributed by atoms with Gasteiger partial charge >= 0.3 is 5.97 Å². The number of terminal acetylenes is 1. The van der Waals surface area contributed by atoms with Crippen LogP contribution in [0, 0.1) is 18.2 Å². The molecule has 0 saturated heterocycles. The fraction of sp³-hybridized carbons (Fsp3) is 0.167. The van der Waals surface area contributed by atoms with Crippen LogP contribution in [-0.4, -0.2) is 23.9 Å². The molecule has 0 radical (unpaired) electrons. The summed E-state index contributed by atoms with van der Waals surface area (Å²) < 4.78 is 18.4. The van der Waals surface area contributed by atoms with E-state index in [4.69, 9.17) is 11.2 Å². The number of hydrogen-bond acceptors (Lipinski definition) is 6. The van der Waals surface area contributed by atoms with Gasteiger partial charge in [-0.25, -0.2) is 14.2 Å². The average Bonchev–Trinajstić information content (AvgIpc) is 3.15. The number of thiazole rings is 1. The third-order valence-corrected chi connectivity index (χ3v) is 4.53. The van der Waals surface area contributed by atoms with Crippen LogP contribution in [0.15, 0.2) is 46.0 Å². The third kappa shape index (κ3) is 3.16. The molecule has 2 heterocycles. The van der Waals surface area contributed by atoms with E-state index in [1.807, 2.05) is 5.38 Å². The smallest absolute Gasteiger partial charge is 0.338 e. The molecule has 7 heteroatoms. The molecule has 1 aliphatic heterocycles. The van der Waals surface area contributed by atoms with Crippen LogP contribution < -0.4 is 5.32 Å². The van der Waals surface area contributed by atoms with Crippen molar-refractivity contribution in [1.82, 2.24) is 10.3 Å². The molecule has 1 aromatic heterocycles. The maximum absolute atomic E-state index is 13.5. The van der Waals surface area contributed by atoms with Gasteiger partial charge in [0.05, 0.1) is 12.7 Å². The van der Waals surface area contributed by atoms with E-state index in [9.17, 15) is 9.18 Å². The number of amidine groups is 1. The molecule has 1 atom stereocenters. The van der Waals surface area contributed by atoms with E-state index in [1.54, 1.807) is 19.2 Å². The summed E-state index contributed by atoms with van der Waals surface area (Å²) in [6, 6.07) is 3.38. The first-order valence-electron chi connectivity index (χ1n) is 7.35. The second kappa shape index (κ2) is 6.87. The zero-order valence-electron chi connectivity index (χ0n) is 13.5. The summed E-state index contributed by atoms with van der Waals surface area (Å²) in [6.07, 6.45) is 7.19. The lowest BCUT2D eigenvalue weighted by atomic mass is 9.92. The molecular formula is C18H14FN3O2S. The van der Waals surface area contributed by atoms with Gasteiger partial charge in [-0.05, 0) is 24.6 Å². The molecule has 1 aliphatic rings. The number of ether oxygens (including phenoxy) is 1. The Kier molecular flexibility index (Phi) is 4.63. The summed E-state index contributed by atoms with van der Waals surface area (Å²) >= 11 is 1.41. The van der Waals surface area contributed by atoms with Crippen LogP contribution in [-0.2, 0) is 9.53 Å². The van der Waals surface area contributed by atoms with Crippen molar-refractivity contribution in [2.75, 3.05) is 7.11 Å². The minimum absolute atomic E-state index is 0.325. The van der Waals surface area contributed by atoms with Crippen molar-refractivity contribution in [3.05, 3.63) is 63.0 Å². The normalized spacial score (nSPS) is 16.7. The summed E-state index contributed by atoms with van der Waals surface area (Å²) in [5.41, 5.74) is 1.80. The highest BCUT2D eigenvalue weighted by Crippen LogP contribution is 2.34. The van der Waals surface area contributed by atoms with E-state index < -0.39 is 17.8 Å². The van der Waals surface area contributed by atoms with Gasteiger partial charge in [0.25, 0.3) is 0 Å². The van der Waals surface area contributed by atoms with Gasteiger partial charge in [0.2, 0.25) is 0 Å². The van der Waals surface area contributed by atoms with Crippen LogP contribution in [0.1, 0.15) is 29.1 Å². The van der Waals surface area contributed by atoms with Gasteiger partial charge in [-0.3, -0.25) is 4.99 Å². The van der Waals surface area contributed by atoms with Crippen LogP contribution >= 0.6 is 11.3 Å². The zero-order chi connectivity index (χ0) is 18.0. The Morgan fingerprint density at radius 3 is 2.92 bits per heavy atom. The lowest BCUT2D eigenvalue weighted by Crippen LogP contribution is -2.32. The number of allylic oxidation sites excluding steroid dienone is 1. The molecule has 0 saturated carbocycles. The number of carbonyl (C=O) groups is 1. The van der Waals surface area contributed by atoms with Crippen LogP contribution in [0.4, 0.5) is 4.39 Å². The Morgan fingerprint density at radius 1 is 1.48 bits per heavy atom. The maximum Gasteiger partial charge on any atom is 0.338 e. The second-order valence-electron chi connectivity index (χ2n) is 5.25. The standard InChI is InChI=1S/C18H14FN3O2S/c1-4-11-9-12(19)5-6-13(11)15-14(18(23)24-3)10(2)21-16(22-15)17-20-7-8-25-17/h1,5-9,15H,2-3H3,(H,21,22)/t15-/m0/s1. The third-order valence-electron chi connectivity index (χ3n) is 3.75. The highest BCUT2D eigenvalue weighted by Gasteiger charge is 2.32. The van der Waals surface area contributed by atoms with Crippen molar-refractivity contribution in [1.29, 1.82) is 0 Å². The summed E-state index contributed by atoms with van der Waals surface area (Å²) in [5.74, 6) is 2.01. The molecule has 0 unspecified atom stereocenters. The molecule has 5 nitrogen and oxygen atoms in total. The number of rotatable bonds is 3. The Hall–Kier alpha value is -2.98. The first kappa shape index (κ1) is 16.9. The van der Waals surface area contributed by atoms with Gasteiger partial charge in [-0.1, -0.05) is 12.0 Å². The molecule has 0 fully saturated rings. The number of hydrogen-bond donors (Lipinski definition) is 1. The lowest BCUT2D eigenvalue weighted by molar-refractivity contribution is -0.136. The van der Waals surface area contributed by atoms with E-state index in [-0.39, 0.29) is 0 Å². The quantitative estimate of drug-likeness (QED) is 0.679. The van der Waals surface area contributed by atoms with Crippen molar-refractivity contribution < 1.29 is 13.9 Å². The fourth-order valence-electron chi connectivity index (χ4n) is 2.62. The van der Waals surface area contributed by atoms with Gasteiger partial charge in [0, 0.05) is 22.8 Å². The van der Waals surface area contributed by atoms with Crippen molar-refractivity contribution in [2.45, 2.75) is 13.0 Å². The summed E-state index contributed by atoms with van der Waals surface area (Å²) in [4.78, 5) is 21.1. The van der Waals surface area contributed by atoms with Crippen LogP contribution in [0.5, 0.6) is 0 Å². The number of esters is 1. The first-order valence-corrected chi connectivity index (χ1v) is 8.23. The molecule has 126 valence electrons. The minimum atomic E-state index is -0.709. The molecule has 25 heavy (non-hydrogen) atoms. The molecule has 0 aliphatic carbocycles. The molecule has 3 rings (SSSR count). The van der Waals surface area contributed by atoms with E-state index >= 15 is 0 Å². The molecule has 2 aromatic rings. The average molecular weight is 355 g/mol. The predicted molar refractivity (Wildman–Crippen MR) is 93.6 cm³/mol. The molecule has 1 N–H and O–H groups in total. The van der Waals surface area contributed by atoms with Gasteiger partial charge in [0.1, 0.15) is 11.9 Å². The highest BCUT2D eigenvalue weighted by molar-refractivity contribution is 7.11. The van der Waals surface area contributed by atoms with Gasteiger partial charge in [-0.15, -0.1) is 17.8 Å². The van der Waals surface area contributed by atoms with Gasteiger partial charge in [0.15, 0.2) is 10.8 Å². The predicted octanol–water partition coefficient (Wildman–Crippen LogP) is 2.80. The number of aromatic nitrogens is 1. The van der Waals surface area contributed by atoms with Crippen molar-refractivity contribution >= 4 is 23.1 Å². The first-order chi connectivity index (χ1) is 12.0. The molecular weight excluding hydrogens is 341 g/mol. The number of nitrogens with one attached hydrogen (secondary N) is 1. The van der Waals surface area contributed by atoms with Gasteiger partial charge < -0.3 is 10.1 Å². The molecule has 1 aromatic carbocycles.